The molecule has 1 aromatic carbocycles. The van der Waals surface area contributed by atoms with E-state index in [-0.39, 0.29) is 0 Å². The van der Waals surface area contributed by atoms with Crippen LogP contribution < -0.4 is 10.7 Å². The smallest absolute Gasteiger partial charge is 0.152 e. The predicted octanol–water partition coefficient (Wildman–Crippen LogP) is 2.36. The van der Waals surface area contributed by atoms with Crippen molar-refractivity contribution in [2.24, 2.45) is 5.16 Å². The van der Waals surface area contributed by atoms with E-state index >= 15 is 0 Å². The van der Waals surface area contributed by atoms with E-state index in [0.29, 0.717) is 23.2 Å². The molecule has 0 unspecified atom stereocenters. The molecule has 0 atom stereocenters. The minimum atomic E-state index is 0.449. The maximum Gasteiger partial charge on any atom is 0.152 e. The zero-order valence-electron chi connectivity index (χ0n) is 11.5. The Bertz CT molecular complexity index is 966. The molecule has 0 saturated heterocycles. The fourth-order valence-electron chi connectivity index (χ4n) is 2.66. The maximum absolute atomic E-state index is 9.65. The number of benzene rings is 1. The molecule has 0 radical (unpaired) electrons. The third kappa shape index (κ3) is 1.85. The van der Waals surface area contributed by atoms with E-state index in [1.165, 1.54) is 0 Å². The van der Waals surface area contributed by atoms with Crippen molar-refractivity contribution in [3.63, 3.8) is 0 Å². The Balaban J connectivity index is 1.91. The number of nitrogens with one attached hydrogen (secondary N) is 1. The first-order chi connectivity index (χ1) is 10.8. The van der Waals surface area contributed by atoms with E-state index in [9.17, 15) is 10.4 Å². The van der Waals surface area contributed by atoms with Crippen LogP contribution in [0, 0.1) is 0 Å². The number of para-hydroxylation sites is 1. The molecule has 6 heteroatoms. The van der Waals surface area contributed by atoms with E-state index in [1.807, 2.05) is 36.4 Å². The van der Waals surface area contributed by atoms with Crippen molar-refractivity contribution in [1.82, 2.24) is 10.0 Å². The molecule has 0 spiro atoms. The average molecular weight is 295 g/mol. The lowest BCUT2D eigenvalue weighted by Crippen LogP contribution is -2.19. The fraction of sp³-hybridized carbons (Fsp3) is 0.0625. The van der Waals surface area contributed by atoms with Gasteiger partial charge in [-0.25, -0.2) is 0 Å². The molecular formula is C16H13N3O3. The average Bonchev–Trinajstić information content (AvgIpc) is 2.94. The minimum absolute atomic E-state index is 0.449. The molecule has 0 fully saturated rings. The molecule has 1 aliphatic rings. The third-order valence-corrected chi connectivity index (χ3v) is 3.78. The van der Waals surface area contributed by atoms with Crippen molar-refractivity contribution in [2.45, 2.75) is 6.54 Å². The summed E-state index contributed by atoms with van der Waals surface area (Å²) in [6.07, 6.45) is 3.48. The highest BCUT2D eigenvalue weighted by Crippen LogP contribution is 2.25. The second-order valence-electron chi connectivity index (χ2n) is 5.07. The second-order valence-corrected chi connectivity index (χ2v) is 5.07. The summed E-state index contributed by atoms with van der Waals surface area (Å²) in [5.74, 6) is 0.572. The van der Waals surface area contributed by atoms with Crippen LogP contribution >= 0.6 is 0 Å². The zero-order chi connectivity index (χ0) is 15.1. The van der Waals surface area contributed by atoms with Gasteiger partial charge in [0.25, 0.3) is 0 Å². The maximum atomic E-state index is 9.65. The molecule has 2 aromatic heterocycles. The van der Waals surface area contributed by atoms with Gasteiger partial charge in [-0.3, -0.25) is 0 Å². The van der Waals surface area contributed by atoms with Crippen LogP contribution in [0.25, 0.3) is 22.7 Å². The van der Waals surface area contributed by atoms with Crippen molar-refractivity contribution >= 4 is 22.7 Å². The van der Waals surface area contributed by atoms with Gasteiger partial charge in [0.05, 0.1) is 17.9 Å². The minimum Gasteiger partial charge on any atom is -0.454 e. The molecule has 1 aliphatic heterocycles. The van der Waals surface area contributed by atoms with Gasteiger partial charge in [-0.05, 0) is 24.3 Å². The lowest BCUT2D eigenvalue weighted by Gasteiger charge is -2.16. The van der Waals surface area contributed by atoms with Gasteiger partial charge >= 0.3 is 0 Å². The Hall–Kier alpha value is -3.15. The number of hydrogen-bond acceptors (Lipinski definition) is 5. The van der Waals surface area contributed by atoms with Gasteiger partial charge < -0.3 is 20.1 Å². The highest BCUT2D eigenvalue weighted by Gasteiger charge is 2.17. The van der Waals surface area contributed by atoms with Crippen molar-refractivity contribution in [1.29, 1.82) is 0 Å². The topological polar surface area (TPSA) is 82.9 Å². The predicted molar refractivity (Wildman–Crippen MR) is 79.9 cm³/mol. The molecule has 0 saturated carbocycles. The summed E-state index contributed by atoms with van der Waals surface area (Å²) in [6, 6.07) is 10.9. The van der Waals surface area contributed by atoms with Crippen molar-refractivity contribution in [2.75, 3.05) is 0 Å². The molecule has 0 aliphatic carbocycles. The Morgan fingerprint density at radius 3 is 2.95 bits per heavy atom. The van der Waals surface area contributed by atoms with Crippen LogP contribution in [0.15, 0.2) is 52.2 Å². The SMILES string of the molecule is ON=c1cc(C2=Cc3ccn(O)c3CN2)oc2ccccc12. The summed E-state index contributed by atoms with van der Waals surface area (Å²) < 4.78 is 6.99. The van der Waals surface area contributed by atoms with Crippen molar-refractivity contribution in [3.8, 4) is 0 Å². The molecule has 3 aromatic rings. The second kappa shape index (κ2) is 4.70. The largest absolute Gasteiger partial charge is 0.454 e. The zero-order valence-corrected chi connectivity index (χ0v) is 11.5. The van der Waals surface area contributed by atoms with E-state index in [0.717, 1.165) is 27.1 Å². The van der Waals surface area contributed by atoms with Crippen LogP contribution in [0.3, 0.4) is 0 Å². The van der Waals surface area contributed by atoms with Crippen LogP contribution in [0.5, 0.6) is 0 Å². The van der Waals surface area contributed by atoms with Gasteiger partial charge in [-0.15, -0.1) is 0 Å². The van der Waals surface area contributed by atoms with Crippen LogP contribution in [0.2, 0.25) is 0 Å². The normalized spacial score (nSPS) is 14.5. The van der Waals surface area contributed by atoms with E-state index in [2.05, 4.69) is 10.5 Å². The standard InChI is InChI=1S/C16H13N3O3/c20-18-12-8-16(22-15-4-2-1-3-11(12)15)13-7-10-5-6-19(21)14(10)9-17-13/h1-8,17,20-21H,9H2. The first-order valence-corrected chi connectivity index (χ1v) is 6.82. The Kier molecular flexibility index (Phi) is 2.69. The van der Waals surface area contributed by atoms with E-state index in [1.54, 1.807) is 12.3 Å². The molecule has 3 heterocycles. The summed E-state index contributed by atoms with van der Waals surface area (Å²) >= 11 is 0. The first kappa shape index (κ1) is 12.6. The lowest BCUT2D eigenvalue weighted by atomic mass is 10.1. The van der Waals surface area contributed by atoms with E-state index < -0.39 is 0 Å². The fourth-order valence-corrected chi connectivity index (χ4v) is 2.66. The molecule has 0 amide bonds. The summed E-state index contributed by atoms with van der Waals surface area (Å²) in [4.78, 5) is 0. The van der Waals surface area contributed by atoms with Gasteiger partial charge in [0.2, 0.25) is 0 Å². The van der Waals surface area contributed by atoms with Crippen LogP contribution in [-0.4, -0.2) is 15.1 Å². The third-order valence-electron chi connectivity index (χ3n) is 3.78. The number of aromatic nitrogens is 1. The summed E-state index contributed by atoms with van der Waals surface area (Å²) in [6.45, 7) is 0.485. The number of nitrogens with zero attached hydrogens (tertiary/aromatic N) is 2. The molecular weight excluding hydrogens is 282 g/mol. The first-order valence-electron chi connectivity index (χ1n) is 6.82. The summed E-state index contributed by atoms with van der Waals surface area (Å²) in [5, 5.41) is 26.6. The van der Waals surface area contributed by atoms with Gasteiger partial charge in [0, 0.05) is 23.2 Å². The molecule has 22 heavy (non-hydrogen) atoms. The quantitative estimate of drug-likeness (QED) is 0.365. The summed E-state index contributed by atoms with van der Waals surface area (Å²) in [5.41, 5.74) is 3.12. The highest BCUT2D eigenvalue weighted by atomic mass is 16.5. The van der Waals surface area contributed by atoms with E-state index in [4.69, 9.17) is 4.42 Å². The molecule has 6 nitrogen and oxygen atoms in total. The van der Waals surface area contributed by atoms with Gasteiger partial charge in [-0.2, -0.15) is 4.73 Å². The van der Waals surface area contributed by atoms with Crippen molar-refractivity contribution in [3.05, 3.63) is 65.0 Å². The monoisotopic (exact) mass is 295 g/mol. The summed E-state index contributed by atoms with van der Waals surface area (Å²) in [7, 11) is 0. The Morgan fingerprint density at radius 1 is 1.23 bits per heavy atom. The van der Waals surface area contributed by atoms with Crippen LogP contribution in [0.1, 0.15) is 17.0 Å². The Labute approximate surface area is 125 Å². The van der Waals surface area contributed by atoms with Crippen LogP contribution in [0.4, 0.5) is 0 Å². The number of fused-ring (bicyclic) bond motifs is 2. The highest BCUT2D eigenvalue weighted by molar-refractivity contribution is 5.83. The van der Waals surface area contributed by atoms with Gasteiger partial charge in [0.15, 0.2) is 5.76 Å². The van der Waals surface area contributed by atoms with Gasteiger partial charge in [-0.1, -0.05) is 17.3 Å². The van der Waals surface area contributed by atoms with Crippen LogP contribution in [-0.2, 0) is 6.54 Å². The van der Waals surface area contributed by atoms with Crippen molar-refractivity contribution < 1.29 is 14.8 Å². The molecule has 110 valence electrons. The molecule has 0 bridgehead atoms. The number of hydrogen-bond donors (Lipinski definition) is 3. The van der Waals surface area contributed by atoms with Gasteiger partial charge in [0.1, 0.15) is 10.9 Å². The molecule has 3 N–H and O–H groups in total. The Morgan fingerprint density at radius 2 is 2.09 bits per heavy atom. The molecule has 4 rings (SSSR count). The lowest BCUT2D eigenvalue weighted by molar-refractivity contribution is 0.177. The number of rotatable bonds is 1.